The van der Waals surface area contributed by atoms with E-state index in [0.29, 0.717) is 12.2 Å². The van der Waals surface area contributed by atoms with E-state index in [-0.39, 0.29) is 11.1 Å². The molecule has 2 aromatic rings. The second-order valence-electron chi connectivity index (χ2n) is 4.28. The zero-order chi connectivity index (χ0) is 14.5. The molecule has 4 nitrogen and oxygen atoms in total. The first-order valence-corrected chi connectivity index (χ1v) is 6.30. The molecule has 0 atom stereocenters. The third-order valence-corrected chi connectivity index (χ3v) is 2.97. The van der Waals surface area contributed by atoms with Crippen molar-refractivity contribution in [3.8, 4) is 0 Å². The van der Waals surface area contributed by atoms with E-state index in [1.54, 1.807) is 31.6 Å². The van der Waals surface area contributed by atoms with Crippen LogP contribution >= 0.6 is 11.6 Å². The Morgan fingerprint density at radius 2 is 2.25 bits per heavy atom. The number of hydrogen-bond donors (Lipinski definition) is 1. The topological polar surface area (TPSA) is 45.2 Å². The molecule has 0 fully saturated rings. The van der Waals surface area contributed by atoms with Gasteiger partial charge in [0.2, 0.25) is 0 Å². The smallest absolute Gasteiger partial charge is 0.321 e. The number of benzene rings is 1. The Morgan fingerprint density at radius 1 is 1.45 bits per heavy atom. The first kappa shape index (κ1) is 14.3. The van der Waals surface area contributed by atoms with E-state index in [2.05, 4.69) is 10.3 Å². The van der Waals surface area contributed by atoms with Crippen LogP contribution in [0.5, 0.6) is 0 Å². The quantitative estimate of drug-likeness (QED) is 0.941. The normalized spacial score (nSPS) is 10.2. The summed E-state index contributed by atoms with van der Waals surface area (Å²) >= 11 is 5.58. The predicted molar refractivity (Wildman–Crippen MR) is 76.1 cm³/mol. The lowest BCUT2D eigenvalue weighted by Crippen LogP contribution is -2.30. The highest BCUT2D eigenvalue weighted by Gasteiger charge is 2.10. The van der Waals surface area contributed by atoms with Gasteiger partial charge in [-0.3, -0.25) is 4.98 Å². The van der Waals surface area contributed by atoms with Crippen LogP contribution in [0.15, 0.2) is 42.7 Å². The lowest BCUT2D eigenvalue weighted by atomic mass is 10.3. The number of carbonyl (C=O) groups is 1. The summed E-state index contributed by atoms with van der Waals surface area (Å²) in [6.45, 7) is 0.412. The Hall–Kier alpha value is -2.14. The molecule has 0 spiro atoms. The molecule has 0 radical (unpaired) electrons. The molecule has 20 heavy (non-hydrogen) atoms. The van der Waals surface area contributed by atoms with Gasteiger partial charge in [0.15, 0.2) is 0 Å². The van der Waals surface area contributed by atoms with Crippen LogP contribution in [0, 0.1) is 5.82 Å². The van der Waals surface area contributed by atoms with Crippen molar-refractivity contribution in [3.05, 3.63) is 59.1 Å². The highest BCUT2D eigenvalue weighted by molar-refractivity contribution is 6.30. The minimum Gasteiger partial charge on any atom is -0.323 e. The summed E-state index contributed by atoms with van der Waals surface area (Å²) in [7, 11) is 1.65. The van der Waals surface area contributed by atoms with Crippen LogP contribution in [-0.4, -0.2) is 23.0 Å². The summed E-state index contributed by atoms with van der Waals surface area (Å²) in [5.41, 5.74) is 1.27. The van der Waals surface area contributed by atoms with E-state index >= 15 is 0 Å². The van der Waals surface area contributed by atoms with Gasteiger partial charge in [-0.2, -0.15) is 0 Å². The van der Waals surface area contributed by atoms with Crippen molar-refractivity contribution in [2.75, 3.05) is 12.4 Å². The average Bonchev–Trinajstić information content (AvgIpc) is 2.44. The van der Waals surface area contributed by atoms with Crippen LogP contribution in [0.1, 0.15) is 5.56 Å². The number of urea groups is 1. The van der Waals surface area contributed by atoms with Crippen LogP contribution in [0.4, 0.5) is 14.9 Å². The van der Waals surface area contributed by atoms with E-state index in [4.69, 9.17) is 11.6 Å². The van der Waals surface area contributed by atoms with Crippen LogP contribution in [0.2, 0.25) is 5.02 Å². The number of nitrogens with zero attached hydrogens (tertiary/aromatic N) is 2. The number of hydrogen-bond acceptors (Lipinski definition) is 2. The van der Waals surface area contributed by atoms with Gasteiger partial charge < -0.3 is 10.2 Å². The highest BCUT2D eigenvalue weighted by atomic mass is 35.5. The SMILES string of the molecule is CN(Cc1cccnc1)C(=O)Nc1ccc(Cl)c(F)c1. The molecular formula is C14H13ClFN3O. The molecule has 104 valence electrons. The molecule has 0 bridgehead atoms. The molecule has 0 saturated carbocycles. The fourth-order valence-electron chi connectivity index (χ4n) is 1.63. The number of amides is 2. The van der Waals surface area contributed by atoms with Gasteiger partial charge in [-0.25, -0.2) is 9.18 Å². The fraction of sp³-hybridized carbons (Fsp3) is 0.143. The summed E-state index contributed by atoms with van der Waals surface area (Å²) < 4.78 is 13.3. The fourth-order valence-corrected chi connectivity index (χ4v) is 1.75. The Bertz CT molecular complexity index is 607. The molecule has 0 aliphatic carbocycles. The third-order valence-electron chi connectivity index (χ3n) is 2.66. The summed E-state index contributed by atoms with van der Waals surface area (Å²) in [5.74, 6) is -0.570. The first-order valence-electron chi connectivity index (χ1n) is 5.92. The number of aromatic nitrogens is 1. The van der Waals surface area contributed by atoms with Crippen LogP contribution in [0.3, 0.4) is 0 Å². The lowest BCUT2D eigenvalue weighted by Gasteiger charge is -2.18. The number of pyridine rings is 1. The molecule has 1 N–H and O–H groups in total. The van der Waals surface area contributed by atoms with E-state index in [9.17, 15) is 9.18 Å². The first-order chi connectivity index (χ1) is 9.56. The van der Waals surface area contributed by atoms with Crippen molar-refractivity contribution in [2.24, 2.45) is 0 Å². The molecule has 1 heterocycles. The maximum Gasteiger partial charge on any atom is 0.321 e. The van der Waals surface area contributed by atoms with E-state index < -0.39 is 5.82 Å². The third kappa shape index (κ3) is 3.68. The summed E-state index contributed by atoms with van der Waals surface area (Å²) in [6.07, 6.45) is 3.35. The van der Waals surface area contributed by atoms with Crippen molar-refractivity contribution < 1.29 is 9.18 Å². The Balaban J connectivity index is 1.99. The molecule has 2 rings (SSSR count). The summed E-state index contributed by atoms with van der Waals surface area (Å²) in [4.78, 5) is 17.4. The highest BCUT2D eigenvalue weighted by Crippen LogP contribution is 2.19. The lowest BCUT2D eigenvalue weighted by molar-refractivity contribution is 0.220. The minimum absolute atomic E-state index is 0.0201. The monoisotopic (exact) mass is 293 g/mol. The van der Waals surface area contributed by atoms with Crippen molar-refractivity contribution >= 4 is 23.3 Å². The largest absolute Gasteiger partial charge is 0.323 e. The van der Waals surface area contributed by atoms with Gasteiger partial charge in [0.05, 0.1) is 5.02 Å². The minimum atomic E-state index is -0.570. The van der Waals surface area contributed by atoms with E-state index in [0.717, 1.165) is 5.56 Å². The molecule has 0 saturated heterocycles. The number of anilines is 1. The van der Waals surface area contributed by atoms with Gasteiger partial charge in [-0.15, -0.1) is 0 Å². The number of carbonyl (C=O) groups excluding carboxylic acids is 1. The van der Waals surface area contributed by atoms with Gasteiger partial charge in [0.1, 0.15) is 5.82 Å². The molecule has 1 aromatic heterocycles. The Morgan fingerprint density at radius 3 is 2.90 bits per heavy atom. The van der Waals surface area contributed by atoms with Crippen molar-refractivity contribution in [1.82, 2.24) is 9.88 Å². The molecule has 6 heteroatoms. The number of rotatable bonds is 3. The van der Waals surface area contributed by atoms with Gasteiger partial charge in [0.25, 0.3) is 0 Å². The second-order valence-corrected chi connectivity index (χ2v) is 4.68. The van der Waals surface area contributed by atoms with Crippen LogP contribution in [0.25, 0.3) is 0 Å². The van der Waals surface area contributed by atoms with Gasteiger partial charge >= 0.3 is 6.03 Å². The zero-order valence-electron chi connectivity index (χ0n) is 10.8. The Labute approximate surface area is 121 Å². The summed E-state index contributed by atoms with van der Waals surface area (Å²) in [5, 5.41) is 2.62. The maximum atomic E-state index is 13.3. The van der Waals surface area contributed by atoms with Gasteiger partial charge in [0, 0.05) is 31.7 Å². The van der Waals surface area contributed by atoms with Crippen LogP contribution in [-0.2, 0) is 6.54 Å². The molecule has 0 aliphatic rings. The van der Waals surface area contributed by atoms with Crippen molar-refractivity contribution in [1.29, 1.82) is 0 Å². The molecule has 2 amide bonds. The Kier molecular flexibility index (Phi) is 4.53. The maximum absolute atomic E-state index is 13.3. The number of halogens is 2. The van der Waals surface area contributed by atoms with Crippen molar-refractivity contribution in [2.45, 2.75) is 6.54 Å². The molecule has 0 aliphatic heterocycles. The standard InChI is InChI=1S/C14H13ClFN3O/c1-19(9-10-3-2-6-17-8-10)14(20)18-11-4-5-12(15)13(16)7-11/h2-8H,9H2,1H3,(H,18,20). The van der Waals surface area contributed by atoms with Gasteiger partial charge in [-0.05, 0) is 29.8 Å². The second kappa shape index (κ2) is 6.34. The van der Waals surface area contributed by atoms with E-state index in [1.165, 1.54) is 17.0 Å². The van der Waals surface area contributed by atoms with Gasteiger partial charge in [-0.1, -0.05) is 17.7 Å². The molecule has 0 unspecified atom stereocenters. The average molecular weight is 294 g/mol. The summed E-state index contributed by atoms with van der Waals surface area (Å²) in [6, 6.07) is 7.46. The van der Waals surface area contributed by atoms with Crippen LogP contribution < -0.4 is 5.32 Å². The molecular weight excluding hydrogens is 281 g/mol. The predicted octanol–water partition coefficient (Wildman–Crippen LogP) is 3.54. The zero-order valence-corrected chi connectivity index (χ0v) is 11.6. The van der Waals surface area contributed by atoms with E-state index in [1.807, 2.05) is 6.07 Å². The number of nitrogens with one attached hydrogen (secondary N) is 1. The molecule has 1 aromatic carbocycles. The van der Waals surface area contributed by atoms with Crippen molar-refractivity contribution in [3.63, 3.8) is 0 Å².